The van der Waals surface area contributed by atoms with E-state index in [-0.39, 0.29) is 15.8 Å². The molecule has 1 saturated carbocycles. The Morgan fingerprint density at radius 2 is 2.21 bits per heavy atom. The largest absolute Gasteiger partial charge is 0.477 e. The van der Waals surface area contributed by atoms with E-state index in [1.54, 1.807) is 0 Å². The highest BCUT2D eigenvalue weighted by Crippen LogP contribution is 2.38. The SMILES string of the molecule is CCCN(C1CC1)S(=O)(=O)c1cc(C(=O)O)sc1Br. The molecule has 0 radical (unpaired) electrons. The first kappa shape index (κ1) is 15.0. The van der Waals surface area contributed by atoms with Gasteiger partial charge in [-0.15, -0.1) is 11.3 Å². The number of hydrogen-bond donors (Lipinski definition) is 1. The number of hydrogen-bond acceptors (Lipinski definition) is 4. The number of aromatic carboxylic acids is 1. The van der Waals surface area contributed by atoms with Crippen LogP contribution in [0.25, 0.3) is 0 Å². The molecule has 8 heteroatoms. The third kappa shape index (κ3) is 3.01. The Balaban J connectivity index is 2.40. The average Bonchev–Trinajstić information content (AvgIpc) is 3.07. The summed E-state index contributed by atoms with van der Waals surface area (Å²) < 4.78 is 27.0. The maximum atomic E-state index is 12.6. The van der Waals surface area contributed by atoms with Crippen molar-refractivity contribution in [2.24, 2.45) is 0 Å². The normalized spacial score (nSPS) is 15.9. The molecular weight excluding hydrogens is 354 g/mol. The van der Waals surface area contributed by atoms with Crippen LogP contribution < -0.4 is 0 Å². The fourth-order valence-electron chi connectivity index (χ4n) is 1.84. The lowest BCUT2D eigenvalue weighted by Gasteiger charge is -2.20. The van der Waals surface area contributed by atoms with Gasteiger partial charge in [0, 0.05) is 12.6 Å². The number of carbonyl (C=O) groups is 1. The smallest absolute Gasteiger partial charge is 0.345 e. The van der Waals surface area contributed by atoms with Crippen LogP contribution >= 0.6 is 27.3 Å². The number of carboxylic acid groups (broad SMARTS) is 1. The minimum atomic E-state index is -3.61. The van der Waals surface area contributed by atoms with Crippen LogP contribution in [0.3, 0.4) is 0 Å². The topological polar surface area (TPSA) is 74.7 Å². The van der Waals surface area contributed by atoms with Gasteiger partial charge in [-0.1, -0.05) is 6.92 Å². The molecule has 0 aromatic carbocycles. The fraction of sp³-hybridized carbons (Fsp3) is 0.545. The van der Waals surface area contributed by atoms with Crippen molar-refractivity contribution in [1.29, 1.82) is 0 Å². The molecule has 1 aliphatic carbocycles. The summed E-state index contributed by atoms with van der Waals surface area (Å²) in [5.41, 5.74) is 0. The number of sulfonamides is 1. The molecule has 0 amide bonds. The molecule has 0 bridgehead atoms. The highest BCUT2D eigenvalue weighted by molar-refractivity contribution is 9.11. The van der Waals surface area contributed by atoms with Gasteiger partial charge in [-0.2, -0.15) is 4.31 Å². The molecule has 19 heavy (non-hydrogen) atoms. The first-order chi connectivity index (χ1) is 8.87. The van der Waals surface area contributed by atoms with Gasteiger partial charge in [-0.25, -0.2) is 13.2 Å². The summed E-state index contributed by atoms with van der Waals surface area (Å²) in [4.78, 5) is 11.0. The number of carboxylic acids is 1. The number of nitrogens with zero attached hydrogens (tertiary/aromatic N) is 1. The van der Waals surface area contributed by atoms with Gasteiger partial charge in [-0.3, -0.25) is 0 Å². The van der Waals surface area contributed by atoms with Gasteiger partial charge in [0.25, 0.3) is 0 Å². The fourth-order valence-corrected chi connectivity index (χ4v) is 5.97. The van der Waals surface area contributed by atoms with Crippen molar-refractivity contribution in [3.05, 3.63) is 14.7 Å². The molecule has 0 spiro atoms. The lowest BCUT2D eigenvalue weighted by Crippen LogP contribution is -2.33. The van der Waals surface area contributed by atoms with Crippen molar-refractivity contribution < 1.29 is 18.3 Å². The van der Waals surface area contributed by atoms with E-state index in [0.717, 1.165) is 30.6 Å². The second kappa shape index (κ2) is 5.51. The molecule has 0 aliphatic heterocycles. The second-order valence-corrected chi connectivity index (χ2v) is 8.63. The van der Waals surface area contributed by atoms with Gasteiger partial charge in [0.2, 0.25) is 10.0 Å². The number of thiophene rings is 1. The Hall–Kier alpha value is -0.440. The molecule has 1 N–H and O–H groups in total. The minimum absolute atomic E-state index is 0.0256. The zero-order valence-corrected chi connectivity index (χ0v) is 13.5. The second-order valence-electron chi connectivity index (χ2n) is 4.40. The third-order valence-electron chi connectivity index (χ3n) is 2.85. The molecule has 5 nitrogen and oxygen atoms in total. The summed E-state index contributed by atoms with van der Waals surface area (Å²) >= 11 is 4.09. The van der Waals surface area contributed by atoms with Crippen molar-refractivity contribution in [3.8, 4) is 0 Å². The van der Waals surface area contributed by atoms with Gasteiger partial charge in [-0.05, 0) is 41.3 Å². The van der Waals surface area contributed by atoms with Crippen molar-refractivity contribution >= 4 is 43.3 Å². The van der Waals surface area contributed by atoms with Crippen LogP contribution in [0.15, 0.2) is 14.7 Å². The van der Waals surface area contributed by atoms with Crippen molar-refractivity contribution in [2.45, 2.75) is 37.1 Å². The Morgan fingerprint density at radius 1 is 1.58 bits per heavy atom. The number of rotatable bonds is 6. The summed E-state index contributed by atoms with van der Waals surface area (Å²) in [6.45, 7) is 2.40. The Morgan fingerprint density at radius 3 is 2.63 bits per heavy atom. The maximum Gasteiger partial charge on any atom is 0.345 e. The van der Waals surface area contributed by atoms with Gasteiger partial charge in [0.1, 0.15) is 9.77 Å². The van der Waals surface area contributed by atoms with Gasteiger partial charge >= 0.3 is 5.97 Å². The molecule has 1 aliphatic rings. The lowest BCUT2D eigenvalue weighted by molar-refractivity contribution is 0.0702. The van der Waals surface area contributed by atoms with Crippen LogP contribution in [0, 0.1) is 0 Å². The van der Waals surface area contributed by atoms with Crippen LogP contribution in [-0.2, 0) is 10.0 Å². The van der Waals surface area contributed by atoms with Crippen LogP contribution in [0.4, 0.5) is 0 Å². The quantitative estimate of drug-likeness (QED) is 0.838. The lowest BCUT2D eigenvalue weighted by atomic mass is 10.5. The molecule has 1 heterocycles. The van der Waals surface area contributed by atoms with E-state index in [1.165, 1.54) is 10.4 Å². The van der Waals surface area contributed by atoms with Crippen molar-refractivity contribution in [2.75, 3.05) is 6.54 Å². The molecule has 0 unspecified atom stereocenters. The van der Waals surface area contributed by atoms with Crippen LogP contribution in [-0.4, -0.2) is 36.4 Å². The summed E-state index contributed by atoms with van der Waals surface area (Å²) in [5.74, 6) is -1.11. The summed E-state index contributed by atoms with van der Waals surface area (Å²) in [6, 6.07) is 1.31. The van der Waals surface area contributed by atoms with Crippen LogP contribution in [0.1, 0.15) is 35.9 Å². The molecule has 106 valence electrons. The van der Waals surface area contributed by atoms with E-state index in [2.05, 4.69) is 15.9 Å². The molecule has 1 aromatic heterocycles. The number of halogens is 1. The first-order valence-electron chi connectivity index (χ1n) is 5.92. The molecule has 1 fully saturated rings. The Kier molecular flexibility index (Phi) is 4.34. The van der Waals surface area contributed by atoms with Crippen LogP contribution in [0.5, 0.6) is 0 Å². The Labute approximate surface area is 124 Å². The third-order valence-corrected chi connectivity index (χ3v) is 7.04. The van der Waals surface area contributed by atoms with E-state index in [0.29, 0.717) is 10.3 Å². The zero-order chi connectivity index (χ0) is 14.2. The summed E-state index contributed by atoms with van der Waals surface area (Å²) in [6.07, 6.45) is 2.50. The Bertz CT molecular complexity index is 592. The van der Waals surface area contributed by atoms with Crippen molar-refractivity contribution in [3.63, 3.8) is 0 Å². The van der Waals surface area contributed by atoms with E-state index >= 15 is 0 Å². The summed E-state index contributed by atoms with van der Waals surface area (Å²) in [5, 5.41) is 8.93. The van der Waals surface area contributed by atoms with E-state index in [4.69, 9.17) is 5.11 Å². The first-order valence-corrected chi connectivity index (χ1v) is 8.97. The summed E-state index contributed by atoms with van der Waals surface area (Å²) in [7, 11) is -3.61. The average molecular weight is 368 g/mol. The minimum Gasteiger partial charge on any atom is -0.477 e. The van der Waals surface area contributed by atoms with Crippen molar-refractivity contribution in [1.82, 2.24) is 4.31 Å². The van der Waals surface area contributed by atoms with E-state index < -0.39 is 16.0 Å². The standard InChI is InChI=1S/C11H14BrNO4S2/c1-2-5-13(7-3-4-7)19(16,17)9-6-8(11(14)15)18-10(9)12/h6-7H,2-5H2,1H3,(H,14,15). The van der Waals surface area contributed by atoms with E-state index in [9.17, 15) is 13.2 Å². The van der Waals surface area contributed by atoms with Crippen LogP contribution in [0.2, 0.25) is 0 Å². The maximum absolute atomic E-state index is 12.6. The molecule has 2 rings (SSSR count). The predicted octanol–water partition coefficient (Wildman–Crippen LogP) is 2.77. The van der Waals surface area contributed by atoms with Gasteiger partial charge < -0.3 is 5.11 Å². The van der Waals surface area contributed by atoms with E-state index in [1.807, 2.05) is 6.92 Å². The highest BCUT2D eigenvalue weighted by atomic mass is 79.9. The zero-order valence-electron chi connectivity index (χ0n) is 10.3. The predicted molar refractivity (Wildman–Crippen MR) is 76.2 cm³/mol. The van der Waals surface area contributed by atoms with Gasteiger partial charge in [0.15, 0.2) is 0 Å². The monoisotopic (exact) mass is 367 g/mol. The van der Waals surface area contributed by atoms with Gasteiger partial charge in [0.05, 0.1) is 3.79 Å². The molecular formula is C11H14BrNO4S2. The molecule has 0 atom stereocenters. The molecule has 1 aromatic rings. The highest BCUT2D eigenvalue weighted by Gasteiger charge is 2.39. The molecule has 0 saturated heterocycles.